The third-order valence-corrected chi connectivity index (χ3v) is 5.10. The lowest BCUT2D eigenvalue weighted by Gasteiger charge is -2.37. The van der Waals surface area contributed by atoms with Crippen LogP contribution in [0.2, 0.25) is 0 Å². The molecule has 0 aromatic heterocycles. The van der Waals surface area contributed by atoms with E-state index in [0.29, 0.717) is 43.2 Å². The lowest BCUT2D eigenvalue weighted by molar-refractivity contribution is 0.0606. The molecule has 1 saturated heterocycles. The normalized spacial score (nSPS) is 17.4. The van der Waals surface area contributed by atoms with Crippen LogP contribution < -0.4 is 9.47 Å². The van der Waals surface area contributed by atoms with Gasteiger partial charge in [-0.25, -0.2) is 0 Å². The molecule has 2 heterocycles. The summed E-state index contributed by atoms with van der Waals surface area (Å²) in [5, 5.41) is 9.65. The first-order chi connectivity index (χ1) is 13.2. The summed E-state index contributed by atoms with van der Waals surface area (Å²) in [6.07, 6.45) is 0. The Hall–Kier alpha value is -3.04. The van der Waals surface area contributed by atoms with Crippen molar-refractivity contribution in [2.45, 2.75) is 13.0 Å². The smallest absolute Gasteiger partial charge is 0.254 e. The maximum atomic E-state index is 12.8. The van der Waals surface area contributed by atoms with Gasteiger partial charge in [-0.1, -0.05) is 29.8 Å². The highest BCUT2D eigenvalue weighted by Gasteiger charge is 2.28. The van der Waals surface area contributed by atoms with E-state index in [2.05, 4.69) is 11.0 Å². The molecule has 0 radical (unpaired) electrons. The summed E-state index contributed by atoms with van der Waals surface area (Å²) in [7, 11) is 0. The number of nitrogens with zero attached hydrogens (tertiary/aromatic N) is 3. The van der Waals surface area contributed by atoms with Gasteiger partial charge in [0.1, 0.15) is 6.04 Å². The Balaban J connectivity index is 1.41. The monoisotopic (exact) mass is 363 g/mol. The first-order valence-electron chi connectivity index (χ1n) is 9.05. The van der Waals surface area contributed by atoms with Crippen molar-refractivity contribution < 1.29 is 14.3 Å². The molecule has 2 aliphatic rings. The van der Waals surface area contributed by atoms with E-state index in [1.54, 1.807) is 18.2 Å². The average molecular weight is 363 g/mol. The van der Waals surface area contributed by atoms with Gasteiger partial charge in [0.05, 0.1) is 6.07 Å². The minimum atomic E-state index is -0.284. The molecule has 1 amide bonds. The van der Waals surface area contributed by atoms with E-state index in [4.69, 9.17) is 9.47 Å². The zero-order chi connectivity index (χ0) is 18.8. The highest BCUT2D eigenvalue weighted by Crippen LogP contribution is 2.33. The van der Waals surface area contributed by atoms with E-state index in [9.17, 15) is 10.1 Å². The summed E-state index contributed by atoms with van der Waals surface area (Å²) in [5.41, 5.74) is 2.77. The second-order valence-corrected chi connectivity index (χ2v) is 6.84. The summed E-state index contributed by atoms with van der Waals surface area (Å²) in [4.78, 5) is 16.8. The van der Waals surface area contributed by atoms with Gasteiger partial charge in [0.15, 0.2) is 11.5 Å². The Morgan fingerprint density at radius 1 is 1.04 bits per heavy atom. The maximum absolute atomic E-state index is 12.8. The fourth-order valence-corrected chi connectivity index (χ4v) is 3.51. The van der Waals surface area contributed by atoms with Crippen molar-refractivity contribution in [3.05, 3.63) is 59.2 Å². The zero-order valence-corrected chi connectivity index (χ0v) is 15.2. The van der Waals surface area contributed by atoms with Crippen LogP contribution in [0.3, 0.4) is 0 Å². The first kappa shape index (κ1) is 17.4. The largest absolute Gasteiger partial charge is 0.454 e. The highest BCUT2D eigenvalue weighted by molar-refractivity contribution is 5.95. The second-order valence-electron chi connectivity index (χ2n) is 6.84. The quantitative estimate of drug-likeness (QED) is 0.839. The number of carbonyl (C=O) groups is 1. The summed E-state index contributed by atoms with van der Waals surface area (Å²) in [6, 6.07) is 15.5. The van der Waals surface area contributed by atoms with Gasteiger partial charge in [-0.05, 0) is 30.7 Å². The van der Waals surface area contributed by atoms with Gasteiger partial charge >= 0.3 is 0 Å². The molecule has 2 aromatic rings. The predicted molar refractivity (Wildman–Crippen MR) is 99.6 cm³/mol. The summed E-state index contributed by atoms with van der Waals surface area (Å²) >= 11 is 0. The summed E-state index contributed by atoms with van der Waals surface area (Å²) < 4.78 is 10.7. The molecule has 1 atom stereocenters. The van der Waals surface area contributed by atoms with Gasteiger partial charge in [-0.2, -0.15) is 5.26 Å². The van der Waals surface area contributed by atoms with Crippen molar-refractivity contribution in [2.24, 2.45) is 0 Å². The Kier molecular flexibility index (Phi) is 4.69. The standard InChI is InChI=1S/C21H21N3O3/c1-15-2-4-16(5-3-15)18(13-22)23-8-10-24(11-9-23)21(25)17-6-7-19-20(12-17)27-14-26-19/h2-7,12,18H,8-11,14H2,1H3. The number of aryl methyl sites for hydroxylation is 1. The number of amides is 1. The van der Waals surface area contributed by atoms with Gasteiger partial charge in [0.2, 0.25) is 6.79 Å². The second kappa shape index (κ2) is 7.29. The molecule has 1 fully saturated rings. The summed E-state index contributed by atoms with van der Waals surface area (Å²) in [5.74, 6) is 1.27. The van der Waals surface area contributed by atoms with Crippen LogP contribution in [0.4, 0.5) is 0 Å². The van der Waals surface area contributed by atoms with Crippen LogP contribution in [-0.4, -0.2) is 48.7 Å². The lowest BCUT2D eigenvalue weighted by Crippen LogP contribution is -2.49. The number of benzene rings is 2. The average Bonchev–Trinajstić information content (AvgIpc) is 3.18. The molecule has 2 aromatic carbocycles. The van der Waals surface area contributed by atoms with Crippen LogP contribution in [0.15, 0.2) is 42.5 Å². The number of ether oxygens (including phenoxy) is 2. The van der Waals surface area contributed by atoms with Crippen molar-refractivity contribution in [3.63, 3.8) is 0 Å². The van der Waals surface area contributed by atoms with Gasteiger partial charge in [-0.3, -0.25) is 9.69 Å². The molecular weight excluding hydrogens is 342 g/mol. The van der Waals surface area contributed by atoms with Gasteiger partial charge in [0.25, 0.3) is 5.91 Å². The minimum absolute atomic E-state index is 0.0169. The van der Waals surface area contributed by atoms with Crippen LogP contribution >= 0.6 is 0 Å². The molecule has 138 valence electrons. The van der Waals surface area contributed by atoms with Crippen LogP contribution in [-0.2, 0) is 0 Å². The number of fused-ring (bicyclic) bond motifs is 1. The Morgan fingerprint density at radius 3 is 2.44 bits per heavy atom. The maximum Gasteiger partial charge on any atom is 0.254 e. The van der Waals surface area contributed by atoms with Crippen molar-refractivity contribution in [2.75, 3.05) is 33.0 Å². The Labute approximate surface area is 158 Å². The van der Waals surface area contributed by atoms with E-state index in [1.807, 2.05) is 36.1 Å². The SMILES string of the molecule is Cc1ccc(C(C#N)N2CCN(C(=O)c3ccc4c(c3)OCO4)CC2)cc1. The van der Waals surface area contributed by atoms with Crippen molar-refractivity contribution >= 4 is 5.91 Å². The molecule has 0 saturated carbocycles. The number of piperazine rings is 1. The van der Waals surface area contributed by atoms with Gasteiger partial charge < -0.3 is 14.4 Å². The van der Waals surface area contributed by atoms with Gasteiger partial charge in [-0.15, -0.1) is 0 Å². The lowest BCUT2D eigenvalue weighted by atomic mass is 10.0. The fraction of sp³-hybridized carbons (Fsp3) is 0.333. The van der Waals surface area contributed by atoms with Crippen LogP contribution in [0.25, 0.3) is 0 Å². The molecule has 2 aliphatic heterocycles. The van der Waals surface area contributed by atoms with Crippen molar-refractivity contribution in [1.82, 2.24) is 9.80 Å². The van der Waals surface area contributed by atoms with Gasteiger partial charge in [0, 0.05) is 31.7 Å². The molecule has 0 N–H and O–H groups in total. The van der Waals surface area contributed by atoms with E-state index in [-0.39, 0.29) is 18.7 Å². The van der Waals surface area contributed by atoms with Crippen molar-refractivity contribution in [1.29, 1.82) is 5.26 Å². The van der Waals surface area contributed by atoms with Crippen LogP contribution in [0.5, 0.6) is 11.5 Å². The van der Waals surface area contributed by atoms with E-state index < -0.39 is 0 Å². The number of nitriles is 1. The Bertz CT molecular complexity index is 881. The third-order valence-electron chi connectivity index (χ3n) is 5.10. The first-order valence-corrected chi connectivity index (χ1v) is 9.05. The van der Waals surface area contributed by atoms with E-state index in [1.165, 1.54) is 5.56 Å². The van der Waals surface area contributed by atoms with Crippen molar-refractivity contribution in [3.8, 4) is 17.6 Å². The number of rotatable bonds is 3. The Morgan fingerprint density at radius 2 is 1.74 bits per heavy atom. The molecule has 6 nitrogen and oxygen atoms in total. The van der Waals surface area contributed by atoms with E-state index >= 15 is 0 Å². The molecule has 4 rings (SSSR count). The third kappa shape index (κ3) is 3.46. The molecule has 1 unspecified atom stereocenters. The molecule has 27 heavy (non-hydrogen) atoms. The molecular formula is C21H21N3O3. The molecule has 6 heteroatoms. The fourth-order valence-electron chi connectivity index (χ4n) is 3.51. The van der Waals surface area contributed by atoms with E-state index in [0.717, 1.165) is 5.56 Å². The molecule has 0 aliphatic carbocycles. The number of hydrogen-bond acceptors (Lipinski definition) is 5. The number of carbonyl (C=O) groups excluding carboxylic acids is 1. The molecule has 0 spiro atoms. The summed E-state index contributed by atoms with van der Waals surface area (Å²) in [6.45, 7) is 4.76. The minimum Gasteiger partial charge on any atom is -0.454 e. The topological polar surface area (TPSA) is 65.8 Å². The predicted octanol–water partition coefficient (Wildman–Crippen LogP) is 2.75. The highest BCUT2D eigenvalue weighted by atomic mass is 16.7. The van der Waals surface area contributed by atoms with Crippen LogP contribution in [0.1, 0.15) is 27.5 Å². The molecule has 0 bridgehead atoms. The zero-order valence-electron chi connectivity index (χ0n) is 15.2. The number of hydrogen-bond donors (Lipinski definition) is 0. The van der Waals surface area contributed by atoms with Crippen LogP contribution in [0, 0.1) is 18.3 Å².